The maximum absolute atomic E-state index is 10.9. The highest BCUT2D eigenvalue weighted by molar-refractivity contribution is 7.17. The van der Waals surface area contributed by atoms with Gasteiger partial charge in [-0.3, -0.25) is 0 Å². The van der Waals surface area contributed by atoms with Gasteiger partial charge in [0.1, 0.15) is 4.88 Å². The SMILES string of the molecule is CCCN(c1nc(C)c(C(=O)O)s1)C(C)C. The van der Waals surface area contributed by atoms with E-state index in [0.29, 0.717) is 16.6 Å². The first-order valence-corrected chi connectivity index (χ1v) is 6.26. The van der Waals surface area contributed by atoms with Crippen molar-refractivity contribution in [3.8, 4) is 0 Å². The summed E-state index contributed by atoms with van der Waals surface area (Å²) >= 11 is 1.26. The monoisotopic (exact) mass is 242 g/mol. The van der Waals surface area contributed by atoms with Gasteiger partial charge in [-0.2, -0.15) is 0 Å². The van der Waals surface area contributed by atoms with E-state index in [9.17, 15) is 4.79 Å². The Hall–Kier alpha value is -1.10. The molecule has 1 N–H and O–H groups in total. The molecule has 0 spiro atoms. The maximum atomic E-state index is 10.9. The third kappa shape index (κ3) is 2.72. The van der Waals surface area contributed by atoms with Gasteiger partial charge in [0.15, 0.2) is 5.13 Å². The summed E-state index contributed by atoms with van der Waals surface area (Å²) in [5.41, 5.74) is 0.606. The van der Waals surface area contributed by atoms with Gasteiger partial charge in [-0.05, 0) is 27.2 Å². The van der Waals surface area contributed by atoms with E-state index in [2.05, 4.69) is 30.7 Å². The normalized spacial score (nSPS) is 10.8. The van der Waals surface area contributed by atoms with E-state index in [1.165, 1.54) is 11.3 Å². The van der Waals surface area contributed by atoms with Crippen molar-refractivity contribution in [2.45, 2.75) is 40.2 Å². The molecule has 0 fully saturated rings. The van der Waals surface area contributed by atoms with Crippen molar-refractivity contribution in [3.63, 3.8) is 0 Å². The van der Waals surface area contributed by atoms with Crippen LogP contribution in [0.4, 0.5) is 5.13 Å². The van der Waals surface area contributed by atoms with E-state index in [1.54, 1.807) is 6.92 Å². The largest absolute Gasteiger partial charge is 0.477 e. The Morgan fingerprint density at radius 3 is 2.56 bits per heavy atom. The Morgan fingerprint density at radius 2 is 2.19 bits per heavy atom. The molecular weight excluding hydrogens is 224 g/mol. The molecule has 0 amide bonds. The zero-order valence-corrected chi connectivity index (χ0v) is 11.0. The molecule has 0 bridgehead atoms. The first kappa shape index (κ1) is 13.0. The molecule has 0 aliphatic carbocycles. The topological polar surface area (TPSA) is 53.4 Å². The Labute approximate surface area is 99.9 Å². The third-order valence-electron chi connectivity index (χ3n) is 2.31. The number of aryl methyl sites for hydroxylation is 1. The fraction of sp³-hybridized carbons (Fsp3) is 0.636. The van der Waals surface area contributed by atoms with Gasteiger partial charge in [0.05, 0.1) is 5.69 Å². The molecule has 0 unspecified atom stereocenters. The zero-order valence-electron chi connectivity index (χ0n) is 10.1. The minimum Gasteiger partial charge on any atom is -0.477 e. The number of carbonyl (C=O) groups is 1. The van der Waals surface area contributed by atoms with Crippen LogP contribution >= 0.6 is 11.3 Å². The minimum atomic E-state index is -0.888. The molecule has 0 radical (unpaired) electrons. The van der Waals surface area contributed by atoms with E-state index in [4.69, 9.17) is 5.11 Å². The molecule has 0 saturated carbocycles. The van der Waals surface area contributed by atoms with Gasteiger partial charge in [0.25, 0.3) is 0 Å². The fourth-order valence-corrected chi connectivity index (χ4v) is 2.58. The molecule has 5 heteroatoms. The highest BCUT2D eigenvalue weighted by Crippen LogP contribution is 2.27. The van der Waals surface area contributed by atoms with Gasteiger partial charge >= 0.3 is 5.97 Å². The van der Waals surface area contributed by atoms with Gasteiger partial charge in [-0.25, -0.2) is 9.78 Å². The lowest BCUT2D eigenvalue weighted by atomic mass is 10.3. The Bertz CT molecular complexity index is 374. The standard InChI is InChI=1S/C11H18N2O2S/c1-5-6-13(7(2)3)11-12-8(4)9(16-11)10(14)15/h7H,5-6H2,1-4H3,(H,14,15). The second kappa shape index (κ2) is 5.30. The highest BCUT2D eigenvalue weighted by Gasteiger charge is 2.19. The molecule has 1 aromatic heterocycles. The highest BCUT2D eigenvalue weighted by atomic mass is 32.1. The zero-order chi connectivity index (χ0) is 12.3. The number of aromatic carboxylic acids is 1. The number of hydrogen-bond acceptors (Lipinski definition) is 4. The Balaban J connectivity index is 3.01. The van der Waals surface area contributed by atoms with Crippen molar-refractivity contribution in [3.05, 3.63) is 10.6 Å². The molecular formula is C11H18N2O2S. The second-order valence-corrected chi connectivity index (χ2v) is 4.98. The number of carboxylic acids is 1. The van der Waals surface area contributed by atoms with Crippen molar-refractivity contribution in [2.24, 2.45) is 0 Å². The summed E-state index contributed by atoms with van der Waals surface area (Å²) in [6.45, 7) is 8.94. The van der Waals surface area contributed by atoms with E-state index >= 15 is 0 Å². The van der Waals surface area contributed by atoms with Crippen molar-refractivity contribution in [1.29, 1.82) is 0 Å². The summed E-state index contributed by atoms with van der Waals surface area (Å²) < 4.78 is 0. The van der Waals surface area contributed by atoms with E-state index in [0.717, 1.165) is 18.1 Å². The van der Waals surface area contributed by atoms with Crippen LogP contribution in [0, 0.1) is 6.92 Å². The first-order valence-electron chi connectivity index (χ1n) is 5.44. The average molecular weight is 242 g/mol. The van der Waals surface area contributed by atoms with Crippen molar-refractivity contribution < 1.29 is 9.90 Å². The van der Waals surface area contributed by atoms with Crippen molar-refractivity contribution in [1.82, 2.24) is 4.98 Å². The van der Waals surface area contributed by atoms with Crippen LogP contribution in [-0.2, 0) is 0 Å². The van der Waals surface area contributed by atoms with Crippen LogP contribution in [0.15, 0.2) is 0 Å². The number of aromatic nitrogens is 1. The van der Waals surface area contributed by atoms with Crippen LogP contribution in [0.5, 0.6) is 0 Å². The van der Waals surface area contributed by atoms with Crippen molar-refractivity contribution in [2.75, 3.05) is 11.4 Å². The Kier molecular flexibility index (Phi) is 4.29. The van der Waals surface area contributed by atoms with Crippen LogP contribution in [0.2, 0.25) is 0 Å². The lowest BCUT2D eigenvalue weighted by Crippen LogP contribution is -2.31. The molecule has 90 valence electrons. The van der Waals surface area contributed by atoms with Gasteiger partial charge in [0.2, 0.25) is 0 Å². The van der Waals surface area contributed by atoms with E-state index in [1.807, 2.05) is 0 Å². The molecule has 0 aromatic carbocycles. The number of carboxylic acid groups (broad SMARTS) is 1. The van der Waals surface area contributed by atoms with Crippen LogP contribution in [-0.4, -0.2) is 28.6 Å². The quantitative estimate of drug-likeness (QED) is 0.862. The molecule has 0 atom stereocenters. The lowest BCUT2D eigenvalue weighted by Gasteiger charge is -2.25. The summed E-state index contributed by atoms with van der Waals surface area (Å²) in [7, 11) is 0. The third-order valence-corrected chi connectivity index (χ3v) is 3.50. The van der Waals surface area contributed by atoms with Crippen LogP contribution in [0.25, 0.3) is 0 Å². The molecule has 4 nitrogen and oxygen atoms in total. The summed E-state index contributed by atoms with van der Waals surface area (Å²) in [5.74, 6) is -0.888. The van der Waals surface area contributed by atoms with Gasteiger partial charge in [-0.1, -0.05) is 18.3 Å². The van der Waals surface area contributed by atoms with Crippen LogP contribution in [0.3, 0.4) is 0 Å². The minimum absolute atomic E-state index is 0.340. The average Bonchev–Trinajstić information content (AvgIpc) is 2.56. The van der Waals surface area contributed by atoms with E-state index in [-0.39, 0.29) is 0 Å². The summed E-state index contributed by atoms with van der Waals surface area (Å²) in [4.78, 5) is 17.8. The molecule has 0 saturated heterocycles. The first-order chi connectivity index (χ1) is 7.47. The molecule has 1 aromatic rings. The number of rotatable bonds is 5. The number of thiazole rings is 1. The summed E-state index contributed by atoms with van der Waals surface area (Å²) in [6.07, 6.45) is 1.03. The maximum Gasteiger partial charge on any atom is 0.347 e. The molecule has 1 rings (SSSR count). The molecule has 1 heterocycles. The predicted octanol–water partition coefficient (Wildman–Crippen LogP) is 2.77. The predicted molar refractivity (Wildman–Crippen MR) is 66.6 cm³/mol. The number of anilines is 1. The molecule has 0 aliphatic rings. The van der Waals surface area contributed by atoms with Gasteiger partial charge in [-0.15, -0.1) is 0 Å². The van der Waals surface area contributed by atoms with Crippen LogP contribution in [0.1, 0.15) is 42.6 Å². The van der Waals surface area contributed by atoms with E-state index < -0.39 is 5.97 Å². The second-order valence-electron chi connectivity index (χ2n) is 4.00. The van der Waals surface area contributed by atoms with Gasteiger partial charge in [0, 0.05) is 12.6 Å². The Morgan fingerprint density at radius 1 is 1.56 bits per heavy atom. The summed E-state index contributed by atoms with van der Waals surface area (Å²) in [6, 6.07) is 0.340. The van der Waals surface area contributed by atoms with Gasteiger partial charge < -0.3 is 10.0 Å². The molecule has 16 heavy (non-hydrogen) atoms. The fourth-order valence-electron chi connectivity index (χ4n) is 1.52. The molecule has 0 aliphatic heterocycles. The van der Waals surface area contributed by atoms with Crippen molar-refractivity contribution >= 4 is 22.4 Å². The summed E-state index contributed by atoms with van der Waals surface area (Å²) in [5, 5.41) is 9.79. The van der Waals surface area contributed by atoms with Crippen LogP contribution < -0.4 is 4.90 Å². The number of hydrogen-bond donors (Lipinski definition) is 1. The smallest absolute Gasteiger partial charge is 0.347 e. The number of nitrogens with zero attached hydrogens (tertiary/aromatic N) is 2. The lowest BCUT2D eigenvalue weighted by molar-refractivity contribution is 0.0701.